The van der Waals surface area contributed by atoms with Crippen molar-refractivity contribution in [1.29, 1.82) is 0 Å². The molecule has 0 bridgehead atoms. The molecule has 1 fully saturated rings. The van der Waals surface area contributed by atoms with Gasteiger partial charge in [0, 0.05) is 61.5 Å². The van der Waals surface area contributed by atoms with Gasteiger partial charge in [-0.2, -0.15) is 10.2 Å². The van der Waals surface area contributed by atoms with Crippen LogP contribution in [-0.4, -0.2) is 43.0 Å². The van der Waals surface area contributed by atoms with Gasteiger partial charge in [-0.1, -0.05) is 12.1 Å². The maximum Gasteiger partial charge on any atom is 0.137 e. The Morgan fingerprint density at radius 2 is 1.68 bits per heavy atom. The highest BCUT2D eigenvalue weighted by atomic mass is 19.1. The molecule has 0 amide bonds. The van der Waals surface area contributed by atoms with Crippen LogP contribution in [0.2, 0.25) is 0 Å². The molecule has 1 N–H and O–H groups in total. The van der Waals surface area contributed by atoms with Crippen molar-refractivity contribution < 1.29 is 17.9 Å². The highest BCUT2D eigenvalue weighted by Crippen LogP contribution is 2.35. The van der Waals surface area contributed by atoms with Gasteiger partial charge in [-0.3, -0.25) is 9.67 Å². The Morgan fingerprint density at radius 1 is 0.909 bits per heavy atom. The van der Waals surface area contributed by atoms with Crippen LogP contribution in [-0.2, 0) is 18.3 Å². The highest BCUT2D eigenvalue weighted by Gasteiger charge is 2.21. The van der Waals surface area contributed by atoms with Crippen LogP contribution in [0.3, 0.4) is 0 Å². The molecule has 44 heavy (non-hydrogen) atoms. The number of halogens is 3. The van der Waals surface area contributed by atoms with Crippen LogP contribution in [0, 0.1) is 17.5 Å². The van der Waals surface area contributed by atoms with Crippen molar-refractivity contribution >= 4 is 5.52 Å². The van der Waals surface area contributed by atoms with E-state index in [0.29, 0.717) is 12.2 Å². The molecule has 8 nitrogen and oxygen atoms in total. The molecule has 0 aliphatic carbocycles. The lowest BCUT2D eigenvalue weighted by Crippen LogP contribution is -2.05. The summed E-state index contributed by atoms with van der Waals surface area (Å²) in [5.41, 5.74) is 6.38. The van der Waals surface area contributed by atoms with Crippen molar-refractivity contribution in [1.82, 2.24) is 34.7 Å². The van der Waals surface area contributed by atoms with Gasteiger partial charge in [0.05, 0.1) is 11.6 Å². The van der Waals surface area contributed by atoms with Crippen LogP contribution in [0.15, 0.2) is 98.0 Å². The van der Waals surface area contributed by atoms with Crippen LogP contribution < -0.4 is 5.32 Å². The zero-order valence-electron chi connectivity index (χ0n) is 24.4. The molecule has 7 rings (SSSR count). The van der Waals surface area contributed by atoms with Gasteiger partial charge < -0.3 is 10.1 Å². The van der Waals surface area contributed by atoms with Crippen molar-refractivity contribution in [3.8, 4) is 22.4 Å². The standard InChI is InChI=1S/C20H17FN4.C10H10F2O.C3H5N3/c1-22-12-14-2-7-18-19(15-8-10-23-11-9-15)20(24-25(18)13-14)16-3-5-17(21)6-4-16;11-7-3-4-8(9(12)6-7)10-2-1-5-13-10;1-6-3-4-2-5-6/h2-11,13,22H,12H2,1H3;3-4,6,10H,1-2,5H2;2-3H,1H3. The first kappa shape index (κ1) is 30.6. The van der Waals surface area contributed by atoms with E-state index >= 15 is 0 Å². The van der Waals surface area contributed by atoms with E-state index in [2.05, 4.69) is 32.5 Å². The van der Waals surface area contributed by atoms with Gasteiger partial charge in [0.1, 0.15) is 35.8 Å². The molecular weight excluding hydrogens is 567 g/mol. The van der Waals surface area contributed by atoms with Crippen molar-refractivity contribution in [3.63, 3.8) is 0 Å². The third kappa shape index (κ3) is 7.55. The van der Waals surface area contributed by atoms with Gasteiger partial charge in [0.2, 0.25) is 0 Å². The average molecular weight is 600 g/mol. The van der Waals surface area contributed by atoms with Crippen LogP contribution in [0.4, 0.5) is 13.2 Å². The van der Waals surface area contributed by atoms with E-state index in [1.807, 2.05) is 36.9 Å². The monoisotopic (exact) mass is 599 g/mol. The van der Waals surface area contributed by atoms with Gasteiger partial charge >= 0.3 is 0 Å². The maximum absolute atomic E-state index is 13.3. The molecule has 1 aliphatic heterocycles. The number of benzene rings is 2. The lowest BCUT2D eigenvalue weighted by Gasteiger charge is -2.10. The number of nitrogens with one attached hydrogen (secondary N) is 1. The van der Waals surface area contributed by atoms with E-state index in [0.717, 1.165) is 58.9 Å². The first-order valence-electron chi connectivity index (χ1n) is 14.1. The second-order valence-electron chi connectivity index (χ2n) is 10.1. The smallest absolute Gasteiger partial charge is 0.137 e. The van der Waals surface area contributed by atoms with E-state index in [9.17, 15) is 13.2 Å². The molecule has 226 valence electrons. The number of hydrogen-bond donors (Lipinski definition) is 1. The fraction of sp³-hybridized carbons (Fsp3) is 0.212. The van der Waals surface area contributed by atoms with Gasteiger partial charge in [0.15, 0.2) is 0 Å². The summed E-state index contributed by atoms with van der Waals surface area (Å²) in [5, 5.41) is 11.6. The van der Waals surface area contributed by atoms with E-state index in [-0.39, 0.29) is 11.9 Å². The van der Waals surface area contributed by atoms with Gasteiger partial charge in [-0.15, -0.1) is 0 Å². The molecule has 11 heteroatoms. The Balaban J connectivity index is 0.000000167. The topological polar surface area (TPSA) is 82.2 Å². The van der Waals surface area contributed by atoms with Crippen LogP contribution in [0.1, 0.15) is 30.1 Å². The summed E-state index contributed by atoms with van der Waals surface area (Å²) >= 11 is 0. The van der Waals surface area contributed by atoms with E-state index < -0.39 is 11.6 Å². The SMILES string of the molecule is CNCc1ccc2c(-c3ccncc3)c(-c3ccc(F)cc3)nn2c1.Cn1cncn1.Fc1ccc(C2CCCO2)c(F)c1. The summed E-state index contributed by atoms with van der Waals surface area (Å²) in [7, 11) is 3.74. The van der Waals surface area contributed by atoms with Crippen molar-refractivity contribution in [2.75, 3.05) is 13.7 Å². The second-order valence-corrected chi connectivity index (χ2v) is 10.1. The zero-order chi connectivity index (χ0) is 30.9. The highest BCUT2D eigenvalue weighted by molar-refractivity contribution is 5.92. The average Bonchev–Trinajstić information content (AvgIpc) is 3.81. The minimum Gasteiger partial charge on any atom is -0.373 e. The summed E-state index contributed by atoms with van der Waals surface area (Å²) in [6.45, 7) is 1.44. The fourth-order valence-corrected chi connectivity index (χ4v) is 4.87. The molecule has 0 spiro atoms. The Labute approximate surface area is 253 Å². The quantitative estimate of drug-likeness (QED) is 0.242. The molecule has 1 saturated heterocycles. The molecule has 6 aromatic rings. The maximum atomic E-state index is 13.3. The summed E-state index contributed by atoms with van der Waals surface area (Å²) in [6.07, 6.45) is 10.3. The Bertz CT molecular complexity index is 1770. The van der Waals surface area contributed by atoms with E-state index in [1.165, 1.54) is 30.6 Å². The first-order chi connectivity index (χ1) is 21.4. The number of aryl methyl sites for hydroxylation is 1. The van der Waals surface area contributed by atoms with Crippen LogP contribution >= 0.6 is 0 Å². The van der Waals surface area contributed by atoms with Crippen LogP contribution in [0.25, 0.3) is 27.9 Å². The fourth-order valence-electron chi connectivity index (χ4n) is 4.87. The summed E-state index contributed by atoms with van der Waals surface area (Å²) < 4.78 is 47.9. The number of fused-ring (bicyclic) bond motifs is 1. The molecule has 5 heterocycles. The third-order valence-corrected chi connectivity index (χ3v) is 6.93. The minimum atomic E-state index is -0.542. The largest absolute Gasteiger partial charge is 0.373 e. The van der Waals surface area contributed by atoms with Gasteiger partial charge in [-0.25, -0.2) is 22.7 Å². The normalized spacial score (nSPS) is 14.1. The first-order valence-corrected chi connectivity index (χ1v) is 14.1. The molecule has 1 aliphatic rings. The summed E-state index contributed by atoms with van der Waals surface area (Å²) in [6, 6.07) is 18.2. The predicted octanol–water partition coefficient (Wildman–Crippen LogP) is 6.55. The molecule has 2 aromatic carbocycles. The minimum absolute atomic E-state index is 0.180. The molecule has 1 atom stereocenters. The number of aromatic nitrogens is 6. The molecule has 0 radical (unpaired) electrons. The van der Waals surface area contributed by atoms with Gasteiger partial charge in [0.25, 0.3) is 0 Å². The number of nitrogens with zero attached hydrogens (tertiary/aromatic N) is 6. The van der Waals surface area contributed by atoms with Crippen molar-refractivity contribution in [2.24, 2.45) is 7.05 Å². The van der Waals surface area contributed by atoms with Crippen molar-refractivity contribution in [3.05, 3.63) is 127 Å². The lowest BCUT2D eigenvalue weighted by molar-refractivity contribution is 0.109. The van der Waals surface area contributed by atoms with Gasteiger partial charge in [-0.05, 0) is 79.5 Å². The number of ether oxygens (including phenoxy) is 1. The van der Waals surface area contributed by atoms with E-state index in [1.54, 1.807) is 35.5 Å². The molecular formula is C33H32F3N7O. The Morgan fingerprint density at radius 3 is 2.30 bits per heavy atom. The Hall–Kier alpha value is -4.87. The zero-order valence-corrected chi connectivity index (χ0v) is 24.4. The molecule has 0 saturated carbocycles. The second kappa shape index (κ2) is 14.5. The van der Waals surface area contributed by atoms with E-state index in [4.69, 9.17) is 9.84 Å². The van der Waals surface area contributed by atoms with Crippen molar-refractivity contribution in [2.45, 2.75) is 25.5 Å². The molecule has 4 aromatic heterocycles. The number of pyridine rings is 2. The molecule has 1 unspecified atom stereocenters. The lowest BCUT2D eigenvalue weighted by atomic mass is 10.0. The summed E-state index contributed by atoms with van der Waals surface area (Å²) in [5.74, 6) is -1.31. The van der Waals surface area contributed by atoms with Crippen LogP contribution in [0.5, 0.6) is 0 Å². The number of hydrogen-bond acceptors (Lipinski definition) is 6. The predicted molar refractivity (Wildman–Crippen MR) is 162 cm³/mol. The Kier molecular flexibility index (Phi) is 10.1. The number of rotatable bonds is 5. The third-order valence-electron chi connectivity index (χ3n) is 6.93. The summed E-state index contributed by atoms with van der Waals surface area (Å²) in [4.78, 5) is 7.78.